The number of likely N-dealkylation sites (tertiary alicyclic amines) is 1. The first-order valence-corrected chi connectivity index (χ1v) is 8.28. The second-order valence-electron chi connectivity index (χ2n) is 6.84. The Morgan fingerprint density at radius 1 is 1.28 bits per heavy atom. The van der Waals surface area contributed by atoms with Crippen LogP contribution in [0.5, 0.6) is 0 Å². The van der Waals surface area contributed by atoms with Gasteiger partial charge in [-0.1, -0.05) is 0 Å². The van der Waals surface area contributed by atoms with E-state index >= 15 is 0 Å². The molecule has 4 rings (SSSR count). The summed E-state index contributed by atoms with van der Waals surface area (Å²) in [4.78, 5) is 33.5. The molecule has 2 aromatic heterocycles. The number of nitrogens with zero attached hydrogens (tertiary/aromatic N) is 6. The molecule has 1 saturated heterocycles. The summed E-state index contributed by atoms with van der Waals surface area (Å²) >= 11 is 0. The van der Waals surface area contributed by atoms with E-state index in [0.29, 0.717) is 37.5 Å². The number of aromatic nitrogens is 3. The number of aryl methyl sites for hydroxylation is 1. The van der Waals surface area contributed by atoms with E-state index in [1.807, 2.05) is 38.1 Å². The van der Waals surface area contributed by atoms with Gasteiger partial charge in [0.25, 0.3) is 11.8 Å². The van der Waals surface area contributed by atoms with Crippen LogP contribution in [0.25, 0.3) is 5.65 Å². The quantitative estimate of drug-likeness (QED) is 0.770. The summed E-state index contributed by atoms with van der Waals surface area (Å²) in [6, 6.07) is 0. The third kappa shape index (κ3) is 2.30. The summed E-state index contributed by atoms with van der Waals surface area (Å²) in [5.41, 5.74) is 0.615. The van der Waals surface area contributed by atoms with Crippen molar-refractivity contribution in [3.05, 3.63) is 24.2 Å². The minimum Gasteiger partial charge on any atom is -0.349 e. The molecule has 0 unspecified atom stereocenters. The van der Waals surface area contributed by atoms with Gasteiger partial charge in [-0.05, 0) is 12.8 Å². The van der Waals surface area contributed by atoms with Crippen LogP contribution in [-0.4, -0.2) is 74.5 Å². The molecule has 0 aliphatic carbocycles. The Balaban J connectivity index is 1.53. The van der Waals surface area contributed by atoms with Crippen molar-refractivity contribution in [2.24, 2.45) is 12.0 Å². The number of piperidine rings is 1. The molecule has 2 amide bonds. The van der Waals surface area contributed by atoms with Crippen LogP contribution in [0, 0.1) is 0 Å². The third-order valence-electron chi connectivity index (χ3n) is 5.03. The van der Waals surface area contributed by atoms with Crippen molar-refractivity contribution >= 4 is 23.4 Å². The summed E-state index contributed by atoms with van der Waals surface area (Å²) in [6.07, 6.45) is 6.34. The van der Waals surface area contributed by atoms with Crippen molar-refractivity contribution in [3.8, 4) is 0 Å². The van der Waals surface area contributed by atoms with Crippen LogP contribution in [0.15, 0.2) is 23.6 Å². The van der Waals surface area contributed by atoms with E-state index in [1.165, 1.54) is 0 Å². The van der Waals surface area contributed by atoms with Crippen LogP contribution >= 0.6 is 0 Å². The first-order chi connectivity index (χ1) is 11.9. The van der Waals surface area contributed by atoms with E-state index in [0.717, 1.165) is 5.65 Å². The van der Waals surface area contributed by atoms with Crippen molar-refractivity contribution in [1.82, 2.24) is 29.3 Å². The van der Waals surface area contributed by atoms with Crippen LogP contribution in [0.2, 0.25) is 0 Å². The summed E-state index contributed by atoms with van der Waals surface area (Å²) in [6.45, 7) is 0.996. The molecule has 2 aliphatic heterocycles. The normalized spacial score (nSPS) is 19.4. The van der Waals surface area contributed by atoms with Gasteiger partial charge in [0.2, 0.25) is 5.96 Å². The van der Waals surface area contributed by atoms with Gasteiger partial charge in [-0.15, -0.1) is 0 Å². The number of amides is 2. The topological polar surface area (TPSA) is 87.2 Å². The van der Waals surface area contributed by atoms with Crippen LogP contribution in [0.1, 0.15) is 23.2 Å². The zero-order valence-electron chi connectivity index (χ0n) is 14.6. The molecule has 1 fully saturated rings. The summed E-state index contributed by atoms with van der Waals surface area (Å²) in [5, 5.41) is 7.06. The fourth-order valence-electron chi connectivity index (χ4n) is 3.50. The minimum atomic E-state index is -0.740. The van der Waals surface area contributed by atoms with Gasteiger partial charge in [0.05, 0.1) is 6.20 Å². The van der Waals surface area contributed by atoms with Crippen molar-refractivity contribution in [2.75, 3.05) is 27.2 Å². The maximum atomic E-state index is 12.9. The van der Waals surface area contributed by atoms with Crippen LogP contribution in [-0.2, 0) is 11.8 Å². The number of fused-ring (bicyclic) bond motifs is 1. The van der Waals surface area contributed by atoms with E-state index in [4.69, 9.17) is 0 Å². The lowest BCUT2D eigenvalue weighted by molar-refractivity contribution is -0.125. The molecule has 4 heterocycles. The van der Waals surface area contributed by atoms with Crippen molar-refractivity contribution in [3.63, 3.8) is 0 Å². The van der Waals surface area contributed by atoms with E-state index < -0.39 is 5.54 Å². The first-order valence-electron chi connectivity index (χ1n) is 8.28. The largest absolute Gasteiger partial charge is 0.349 e. The average molecular weight is 343 g/mol. The lowest BCUT2D eigenvalue weighted by Gasteiger charge is -2.35. The molecule has 1 spiro atoms. The summed E-state index contributed by atoms with van der Waals surface area (Å²) in [7, 11) is 5.59. The zero-order valence-corrected chi connectivity index (χ0v) is 14.6. The van der Waals surface area contributed by atoms with Crippen molar-refractivity contribution in [1.29, 1.82) is 0 Å². The molecule has 9 nitrogen and oxygen atoms in total. The van der Waals surface area contributed by atoms with E-state index in [-0.39, 0.29) is 11.8 Å². The number of guanidine groups is 1. The SMILES string of the molecule is CN(C)C1=NC2(CCN(C(=O)c3cnn4ccn(C)c34)CC2)C(=O)N1. The lowest BCUT2D eigenvalue weighted by Crippen LogP contribution is -2.50. The van der Waals surface area contributed by atoms with Gasteiger partial charge in [0.15, 0.2) is 0 Å². The molecule has 0 atom stereocenters. The smallest absolute Gasteiger partial charge is 0.259 e. The Kier molecular flexibility index (Phi) is 3.34. The molecule has 0 aromatic carbocycles. The van der Waals surface area contributed by atoms with E-state index in [9.17, 15) is 9.59 Å². The molecule has 25 heavy (non-hydrogen) atoms. The molecule has 0 saturated carbocycles. The standard InChI is InChI=1S/C16H21N7O2/c1-20(2)15-18-14(25)16(19-15)4-6-22(7-5-16)13(24)11-10-17-23-9-8-21(3)12(11)23/h8-10H,4-7H2,1-3H3,(H,18,19,25). The minimum absolute atomic E-state index is 0.0538. The molecule has 2 aliphatic rings. The van der Waals surface area contributed by atoms with E-state index in [2.05, 4.69) is 15.4 Å². The van der Waals surface area contributed by atoms with Crippen LogP contribution in [0.4, 0.5) is 0 Å². The molecule has 9 heteroatoms. The number of hydrogen-bond acceptors (Lipinski definition) is 5. The molecule has 2 aromatic rings. The van der Waals surface area contributed by atoms with Gasteiger partial charge in [-0.2, -0.15) is 5.10 Å². The highest BCUT2D eigenvalue weighted by atomic mass is 16.2. The maximum absolute atomic E-state index is 12.9. The monoisotopic (exact) mass is 343 g/mol. The predicted octanol–water partition coefficient (Wildman–Crippen LogP) is -0.305. The average Bonchev–Trinajstić information content (AvgIpc) is 3.25. The zero-order chi connectivity index (χ0) is 17.8. The molecule has 0 bridgehead atoms. The maximum Gasteiger partial charge on any atom is 0.259 e. The fourth-order valence-corrected chi connectivity index (χ4v) is 3.50. The Morgan fingerprint density at radius 2 is 2.00 bits per heavy atom. The highest BCUT2D eigenvalue weighted by molar-refractivity contribution is 6.07. The number of hydrogen-bond donors (Lipinski definition) is 1. The summed E-state index contributed by atoms with van der Waals surface area (Å²) < 4.78 is 3.57. The van der Waals surface area contributed by atoms with Gasteiger partial charge >= 0.3 is 0 Å². The van der Waals surface area contributed by atoms with E-state index in [1.54, 1.807) is 20.5 Å². The van der Waals surface area contributed by atoms with Gasteiger partial charge < -0.3 is 14.4 Å². The lowest BCUT2D eigenvalue weighted by atomic mass is 9.88. The van der Waals surface area contributed by atoms with Gasteiger partial charge in [0.1, 0.15) is 16.7 Å². The number of nitrogens with one attached hydrogen (secondary N) is 1. The van der Waals surface area contributed by atoms with Crippen molar-refractivity contribution in [2.45, 2.75) is 18.4 Å². The Bertz CT molecular complexity index is 884. The number of carbonyl (C=O) groups is 2. The molecular weight excluding hydrogens is 322 g/mol. The fraction of sp³-hybridized carbons (Fsp3) is 0.500. The number of imidazole rings is 1. The molecular formula is C16H21N7O2. The predicted molar refractivity (Wildman–Crippen MR) is 91.3 cm³/mol. The molecule has 132 valence electrons. The number of rotatable bonds is 1. The van der Waals surface area contributed by atoms with Crippen LogP contribution < -0.4 is 5.32 Å². The summed E-state index contributed by atoms with van der Waals surface area (Å²) in [5.74, 6) is 0.465. The third-order valence-corrected chi connectivity index (χ3v) is 5.03. The second kappa shape index (κ2) is 5.33. The van der Waals surface area contributed by atoms with Gasteiger partial charge in [0, 0.05) is 46.6 Å². The second-order valence-corrected chi connectivity index (χ2v) is 6.84. The van der Waals surface area contributed by atoms with Crippen LogP contribution in [0.3, 0.4) is 0 Å². The highest BCUT2D eigenvalue weighted by Gasteiger charge is 2.47. The van der Waals surface area contributed by atoms with Gasteiger partial charge in [-0.3, -0.25) is 14.9 Å². The first kappa shape index (κ1) is 15.7. The van der Waals surface area contributed by atoms with Crippen molar-refractivity contribution < 1.29 is 9.59 Å². The van der Waals surface area contributed by atoms with Gasteiger partial charge in [-0.25, -0.2) is 9.51 Å². The number of carbonyl (C=O) groups excluding carboxylic acids is 2. The highest BCUT2D eigenvalue weighted by Crippen LogP contribution is 2.31. The Morgan fingerprint density at radius 3 is 2.64 bits per heavy atom. The molecule has 0 radical (unpaired) electrons. The molecule has 1 N–H and O–H groups in total. The Hall–Kier alpha value is -2.84. The Labute approximate surface area is 144 Å². The number of aliphatic imine (C=N–C) groups is 1.